The number of carbonyl (C=O) groups is 1. The molecule has 5 radical (unpaired) electrons. The van der Waals surface area contributed by atoms with Gasteiger partial charge in [-0.3, -0.25) is 4.79 Å². The third-order valence-corrected chi connectivity index (χ3v) is 4.36. The Bertz CT molecular complexity index is 924. The minimum Gasteiger partial charge on any atom is -0.294 e. The lowest BCUT2D eigenvalue weighted by Crippen LogP contribution is -2.05. The van der Waals surface area contributed by atoms with Gasteiger partial charge < -0.3 is 0 Å². The van der Waals surface area contributed by atoms with Crippen molar-refractivity contribution >= 4 is 22.6 Å². The van der Waals surface area contributed by atoms with Crippen LogP contribution in [0.2, 0.25) is 0 Å². The zero-order valence-corrected chi connectivity index (χ0v) is 13.7. The van der Waals surface area contributed by atoms with Gasteiger partial charge in [-0.15, -0.1) is 0 Å². The Kier molecular flexibility index (Phi) is 4.47. The Hall–Kier alpha value is -2.67. The molecule has 4 rings (SSSR count). The average molecular weight is 321 g/mol. The zero-order chi connectivity index (χ0) is 17.1. The second-order valence-corrected chi connectivity index (χ2v) is 6.02. The summed E-state index contributed by atoms with van der Waals surface area (Å²) in [5.74, 6) is 0.752. The first-order valence-corrected chi connectivity index (χ1v) is 8.33. The van der Waals surface area contributed by atoms with Crippen LogP contribution in [-0.4, -0.2) is 5.78 Å². The van der Waals surface area contributed by atoms with Gasteiger partial charge in [0.15, 0.2) is 5.78 Å². The van der Waals surface area contributed by atoms with E-state index in [1.54, 1.807) is 6.08 Å². The third-order valence-electron chi connectivity index (χ3n) is 4.36. The van der Waals surface area contributed by atoms with Gasteiger partial charge in [0.2, 0.25) is 0 Å². The Morgan fingerprint density at radius 3 is 2.44 bits per heavy atom. The quantitative estimate of drug-likeness (QED) is 0.580. The molecule has 1 saturated carbocycles. The number of rotatable bonds is 4. The van der Waals surface area contributed by atoms with Gasteiger partial charge in [0.05, 0.1) is 5.92 Å². The Labute approximate surface area is 149 Å². The molecule has 119 valence electrons. The molecule has 25 heavy (non-hydrogen) atoms. The Morgan fingerprint density at radius 2 is 1.56 bits per heavy atom. The fourth-order valence-corrected chi connectivity index (χ4v) is 3.09. The first kappa shape index (κ1) is 15.8. The summed E-state index contributed by atoms with van der Waals surface area (Å²) < 4.78 is 0. The standard InChI is InChI=1S/C24H17O/c25-24(20-9-1-2-10-20)16-15-18-7-5-12-21(17-18)23-14-6-11-19-8-3-4-13-22(19)23/h1-17H/b16-15+. The van der Waals surface area contributed by atoms with E-state index in [1.165, 1.54) is 16.3 Å². The number of hydrogen-bond acceptors (Lipinski definition) is 1. The molecule has 0 aliphatic heterocycles. The maximum atomic E-state index is 12.1. The van der Waals surface area contributed by atoms with Crippen molar-refractivity contribution in [3.05, 3.63) is 110 Å². The Balaban J connectivity index is 1.64. The monoisotopic (exact) mass is 321 g/mol. The maximum Gasteiger partial charge on any atom is 0.163 e. The predicted molar refractivity (Wildman–Crippen MR) is 104 cm³/mol. The summed E-state index contributed by atoms with van der Waals surface area (Å²) in [6.45, 7) is 0. The van der Waals surface area contributed by atoms with E-state index in [4.69, 9.17) is 0 Å². The van der Waals surface area contributed by atoms with Crippen molar-refractivity contribution in [1.82, 2.24) is 0 Å². The molecule has 1 nitrogen and oxygen atoms in total. The van der Waals surface area contributed by atoms with Gasteiger partial charge in [-0.1, -0.05) is 66.7 Å². The SMILES string of the molecule is O=C(/C=C/c1cccc(-c2cccc3ccccc23)c1)[C]1[CH][CH][CH][CH]1. The van der Waals surface area contributed by atoms with Gasteiger partial charge in [0, 0.05) is 0 Å². The number of fused-ring (bicyclic) bond motifs is 1. The molecule has 1 fully saturated rings. The molecule has 3 aromatic carbocycles. The summed E-state index contributed by atoms with van der Waals surface area (Å²) in [7, 11) is 0. The van der Waals surface area contributed by atoms with Crippen molar-refractivity contribution in [3.8, 4) is 11.1 Å². The van der Waals surface area contributed by atoms with Crippen LogP contribution < -0.4 is 0 Å². The van der Waals surface area contributed by atoms with Crippen LogP contribution in [0.4, 0.5) is 0 Å². The Morgan fingerprint density at radius 1 is 0.800 bits per heavy atom. The second kappa shape index (κ2) is 7.06. The summed E-state index contributed by atoms with van der Waals surface area (Å²) in [5.41, 5.74) is 3.38. The highest BCUT2D eigenvalue weighted by atomic mass is 16.1. The zero-order valence-electron chi connectivity index (χ0n) is 13.7. The molecule has 0 aromatic heterocycles. The van der Waals surface area contributed by atoms with Crippen LogP contribution in [0.1, 0.15) is 5.56 Å². The molecule has 0 bridgehead atoms. The number of allylic oxidation sites excluding steroid dienone is 1. The minimum absolute atomic E-state index is 0.0283. The highest BCUT2D eigenvalue weighted by Crippen LogP contribution is 2.29. The largest absolute Gasteiger partial charge is 0.294 e. The van der Waals surface area contributed by atoms with Gasteiger partial charge in [-0.05, 0) is 65.3 Å². The lowest BCUT2D eigenvalue weighted by Gasteiger charge is -2.08. The molecular weight excluding hydrogens is 304 g/mol. The fourth-order valence-electron chi connectivity index (χ4n) is 3.09. The molecule has 3 aromatic rings. The van der Waals surface area contributed by atoms with E-state index in [-0.39, 0.29) is 5.78 Å². The molecule has 0 unspecified atom stereocenters. The first-order valence-electron chi connectivity index (χ1n) is 8.33. The fraction of sp³-hybridized carbons (Fsp3) is 0. The number of benzene rings is 3. The minimum atomic E-state index is 0.0283. The normalized spacial score (nSPS) is 15.2. The van der Waals surface area contributed by atoms with Gasteiger partial charge in [-0.2, -0.15) is 0 Å². The van der Waals surface area contributed by atoms with E-state index >= 15 is 0 Å². The number of hydrogen-bond donors (Lipinski definition) is 0. The number of ketones is 1. The van der Waals surface area contributed by atoms with E-state index in [0.29, 0.717) is 0 Å². The van der Waals surface area contributed by atoms with Crippen molar-refractivity contribution in [1.29, 1.82) is 0 Å². The summed E-state index contributed by atoms with van der Waals surface area (Å²) >= 11 is 0. The summed E-state index contributed by atoms with van der Waals surface area (Å²) in [4.78, 5) is 12.1. The molecule has 0 spiro atoms. The molecule has 1 aliphatic carbocycles. The lowest BCUT2D eigenvalue weighted by atomic mass is 9.96. The number of carbonyl (C=O) groups excluding carboxylic acids is 1. The van der Waals surface area contributed by atoms with Crippen LogP contribution in [0.5, 0.6) is 0 Å². The molecule has 0 atom stereocenters. The van der Waals surface area contributed by atoms with Crippen LogP contribution in [0, 0.1) is 31.6 Å². The van der Waals surface area contributed by atoms with Crippen molar-refractivity contribution in [2.75, 3.05) is 0 Å². The maximum absolute atomic E-state index is 12.1. The van der Waals surface area contributed by atoms with Crippen molar-refractivity contribution in [3.63, 3.8) is 0 Å². The molecule has 0 heterocycles. The van der Waals surface area contributed by atoms with E-state index < -0.39 is 0 Å². The summed E-state index contributed by atoms with van der Waals surface area (Å²) in [5, 5.41) is 2.46. The van der Waals surface area contributed by atoms with E-state index in [0.717, 1.165) is 17.0 Å². The first-order chi connectivity index (χ1) is 12.3. The summed E-state index contributed by atoms with van der Waals surface area (Å²) in [6, 6.07) is 23.0. The van der Waals surface area contributed by atoms with Crippen LogP contribution in [0.25, 0.3) is 28.0 Å². The van der Waals surface area contributed by atoms with Crippen LogP contribution in [0.15, 0.2) is 72.8 Å². The third kappa shape index (κ3) is 3.41. The van der Waals surface area contributed by atoms with Gasteiger partial charge in [0.1, 0.15) is 0 Å². The van der Waals surface area contributed by atoms with Gasteiger partial charge in [0.25, 0.3) is 0 Å². The highest BCUT2D eigenvalue weighted by Gasteiger charge is 2.22. The van der Waals surface area contributed by atoms with Gasteiger partial charge >= 0.3 is 0 Å². The summed E-state index contributed by atoms with van der Waals surface area (Å²) in [6.07, 6.45) is 10.9. The van der Waals surface area contributed by atoms with Crippen molar-refractivity contribution in [2.45, 2.75) is 0 Å². The van der Waals surface area contributed by atoms with Crippen LogP contribution >= 0.6 is 0 Å². The molecule has 0 N–H and O–H groups in total. The van der Waals surface area contributed by atoms with Crippen LogP contribution in [0.3, 0.4) is 0 Å². The van der Waals surface area contributed by atoms with Crippen molar-refractivity contribution < 1.29 is 4.79 Å². The van der Waals surface area contributed by atoms with Crippen LogP contribution in [-0.2, 0) is 4.79 Å². The topological polar surface area (TPSA) is 17.1 Å². The molecular formula is C24H17O. The highest BCUT2D eigenvalue weighted by molar-refractivity contribution is 6.07. The van der Waals surface area contributed by atoms with Gasteiger partial charge in [-0.25, -0.2) is 0 Å². The lowest BCUT2D eigenvalue weighted by molar-refractivity contribution is -0.112. The molecule has 1 heteroatoms. The van der Waals surface area contributed by atoms with E-state index in [1.807, 2.05) is 43.9 Å². The van der Waals surface area contributed by atoms with E-state index in [2.05, 4.69) is 54.6 Å². The van der Waals surface area contributed by atoms with E-state index in [9.17, 15) is 4.79 Å². The molecule has 0 amide bonds. The smallest absolute Gasteiger partial charge is 0.163 e. The van der Waals surface area contributed by atoms with Crippen molar-refractivity contribution in [2.24, 2.45) is 0 Å². The average Bonchev–Trinajstić information content (AvgIpc) is 3.21. The second-order valence-electron chi connectivity index (χ2n) is 6.02. The predicted octanol–water partition coefficient (Wildman–Crippen LogP) is 5.49. The molecule has 1 aliphatic rings. The molecule has 0 saturated heterocycles.